The molecule has 174 valence electrons. The largest absolute Gasteiger partial charge is 0.507 e. The highest BCUT2D eigenvalue weighted by Crippen LogP contribution is 2.42. The van der Waals surface area contributed by atoms with Crippen molar-refractivity contribution in [3.05, 3.63) is 101 Å². The number of likely N-dealkylation sites (tertiary alicyclic amines) is 1. The van der Waals surface area contributed by atoms with Gasteiger partial charge in [-0.3, -0.25) is 14.6 Å². The van der Waals surface area contributed by atoms with Gasteiger partial charge in [0, 0.05) is 18.9 Å². The number of aromatic nitrogens is 1. The number of aliphatic hydroxyl groups excluding tert-OH is 1. The molecule has 4 rings (SSSR count). The van der Waals surface area contributed by atoms with Gasteiger partial charge in [0.15, 0.2) is 0 Å². The Morgan fingerprint density at radius 1 is 1.09 bits per heavy atom. The highest BCUT2D eigenvalue weighted by Gasteiger charge is 2.46. The lowest BCUT2D eigenvalue weighted by Crippen LogP contribution is -2.29. The molecule has 0 radical (unpaired) electrons. The number of nitrogens with zero attached hydrogens (tertiary/aromatic N) is 2. The van der Waals surface area contributed by atoms with Crippen LogP contribution in [0.4, 0.5) is 4.39 Å². The molecule has 1 amide bonds. The van der Waals surface area contributed by atoms with Crippen LogP contribution in [0.3, 0.4) is 0 Å². The third-order valence-corrected chi connectivity index (χ3v) is 5.98. The van der Waals surface area contributed by atoms with E-state index in [1.54, 1.807) is 24.5 Å². The normalized spacial score (nSPS) is 17.4. The van der Waals surface area contributed by atoms with Crippen molar-refractivity contribution in [1.29, 1.82) is 0 Å². The summed E-state index contributed by atoms with van der Waals surface area (Å²) in [5, 5.41) is 11.2. The number of pyridine rings is 1. The highest BCUT2D eigenvalue weighted by molar-refractivity contribution is 6.46. The van der Waals surface area contributed by atoms with Gasteiger partial charge in [-0.1, -0.05) is 38.1 Å². The predicted molar refractivity (Wildman–Crippen MR) is 126 cm³/mol. The van der Waals surface area contributed by atoms with Crippen LogP contribution in [-0.2, 0) is 16.1 Å². The molecule has 1 aliphatic heterocycles. The van der Waals surface area contributed by atoms with Crippen LogP contribution in [0.5, 0.6) is 5.75 Å². The number of carbonyl (C=O) groups is 2. The van der Waals surface area contributed by atoms with Gasteiger partial charge in [0.2, 0.25) is 0 Å². The molecule has 3 aromatic rings. The van der Waals surface area contributed by atoms with Crippen LogP contribution in [0.25, 0.3) is 5.76 Å². The minimum atomic E-state index is -0.859. The smallest absolute Gasteiger partial charge is 0.295 e. The summed E-state index contributed by atoms with van der Waals surface area (Å²) >= 11 is 0. The molecule has 1 saturated heterocycles. The quantitative estimate of drug-likeness (QED) is 0.319. The van der Waals surface area contributed by atoms with E-state index in [0.717, 1.165) is 17.2 Å². The first-order valence-electron chi connectivity index (χ1n) is 10.9. The van der Waals surface area contributed by atoms with E-state index in [9.17, 15) is 19.1 Å². The van der Waals surface area contributed by atoms with Gasteiger partial charge in [0.05, 0.1) is 24.3 Å². The second-order valence-electron chi connectivity index (χ2n) is 8.45. The van der Waals surface area contributed by atoms with Crippen molar-refractivity contribution in [3.8, 4) is 5.75 Å². The Balaban J connectivity index is 1.90. The zero-order valence-corrected chi connectivity index (χ0v) is 19.2. The fourth-order valence-corrected chi connectivity index (χ4v) is 4.15. The summed E-state index contributed by atoms with van der Waals surface area (Å²) in [4.78, 5) is 31.8. The number of aliphatic hydroxyl groups is 1. The van der Waals surface area contributed by atoms with E-state index >= 15 is 0 Å². The second-order valence-corrected chi connectivity index (χ2v) is 8.45. The van der Waals surface area contributed by atoms with E-state index in [1.165, 1.54) is 24.1 Å². The number of ketones is 1. The summed E-state index contributed by atoms with van der Waals surface area (Å²) in [5.74, 6) is -2.18. The summed E-state index contributed by atoms with van der Waals surface area (Å²) in [6.07, 6.45) is 3.21. The molecule has 6 nitrogen and oxygen atoms in total. The minimum Gasteiger partial charge on any atom is -0.507 e. The lowest BCUT2D eigenvalue weighted by molar-refractivity contribution is -0.140. The van der Waals surface area contributed by atoms with Gasteiger partial charge >= 0.3 is 0 Å². The Kier molecular flexibility index (Phi) is 6.45. The van der Waals surface area contributed by atoms with Crippen LogP contribution < -0.4 is 4.74 Å². The lowest BCUT2D eigenvalue weighted by Gasteiger charge is -2.26. The Morgan fingerprint density at radius 3 is 2.38 bits per heavy atom. The minimum absolute atomic E-state index is 0.00760. The summed E-state index contributed by atoms with van der Waals surface area (Å²) in [5.41, 5.74) is 2.44. The third kappa shape index (κ3) is 4.29. The number of carbonyl (C=O) groups excluding carboxylic acids is 2. The van der Waals surface area contributed by atoms with Gasteiger partial charge in [-0.25, -0.2) is 4.39 Å². The number of hydrogen-bond donors (Lipinski definition) is 1. The maximum atomic E-state index is 14.1. The Bertz CT molecular complexity index is 1250. The fourth-order valence-electron chi connectivity index (χ4n) is 4.15. The Hall–Kier alpha value is -4.00. The average molecular weight is 461 g/mol. The molecule has 0 saturated carbocycles. The predicted octanol–water partition coefficient (Wildman–Crippen LogP) is 4.97. The van der Waals surface area contributed by atoms with Gasteiger partial charge in [0.1, 0.15) is 17.3 Å². The van der Waals surface area contributed by atoms with Crippen LogP contribution in [0.15, 0.2) is 72.6 Å². The maximum absolute atomic E-state index is 14.1. The van der Waals surface area contributed by atoms with Crippen molar-refractivity contribution in [2.75, 3.05) is 7.11 Å². The van der Waals surface area contributed by atoms with E-state index in [2.05, 4.69) is 18.8 Å². The van der Waals surface area contributed by atoms with Crippen LogP contribution >= 0.6 is 0 Å². The number of ether oxygens (including phenoxy) is 1. The standard InChI is InChI=1S/C27H25FN2O4/c1-16(2)18-4-6-19(7-5-18)24-23(25(31)21-14-20(28)8-9-22(21)34-3)26(32)27(33)30(24)15-17-10-12-29-13-11-17/h4-14,16,24,31H,15H2,1-3H3/b25-23+. The van der Waals surface area contributed by atoms with Crippen LogP contribution in [0.2, 0.25) is 0 Å². The molecule has 1 unspecified atom stereocenters. The summed E-state index contributed by atoms with van der Waals surface area (Å²) < 4.78 is 19.3. The molecule has 1 N–H and O–H groups in total. The van der Waals surface area contributed by atoms with Gasteiger partial charge in [-0.15, -0.1) is 0 Å². The van der Waals surface area contributed by atoms with Gasteiger partial charge < -0.3 is 14.7 Å². The van der Waals surface area contributed by atoms with Gasteiger partial charge in [-0.2, -0.15) is 0 Å². The van der Waals surface area contributed by atoms with Crippen molar-refractivity contribution in [3.63, 3.8) is 0 Å². The molecular formula is C27H25FN2O4. The summed E-state index contributed by atoms with van der Waals surface area (Å²) in [6.45, 7) is 4.28. The topological polar surface area (TPSA) is 79.7 Å². The number of amides is 1. The summed E-state index contributed by atoms with van der Waals surface area (Å²) in [7, 11) is 1.38. The fraction of sp³-hybridized carbons (Fsp3) is 0.222. The van der Waals surface area contributed by atoms with Gasteiger partial charge in [0.25, 0.3) is 11.7 Å². The van der Waals surface area contributed by atoms with Crippen molar-refractivity contribution in [2.24, 2.45) is 0 Å². The monoisotopic (exact) mass is 460 g/mol. The van der Waals surface area contributed by atoms with Crippen LogP contribution in [-0.4, -0.2) is 33.8 Å². The second kappa shape index (κ2) is 9.47. The van der Waals surface area contributed by atoms with Crippen molar-refractivity contribution >= 4 is 17.4 Å². The Morgan fingerprint density at radius 2 is 1.76 bits per heavy atom. The molecule has 7 heteroatoms. The molecule has 0 spiro atoms. The van der Waals surface area contributed by atoms with E-state index < -0.39 is 29.3 Å². The number of methoxy groups -OCH3 is 1. The first-order chi connectivity index (χ1) is 16.3. The number of Topliss-reactive ketones (excluding diaryl/α,β-unsaturated/α-hetero) is 1. The number of benzene rings is 2. The number of rotatable bonds is 6. The first kappa shape index (κ1) is 23.2. The van der Waals surface area contributed by atoms with E-state index in [-0.39, 0.29) is 23.4 Å². The number of hydrogen-bond acceptors (Lipinski definition) is 5. The van der Waals surface area contributed by atoms with E-state index in [0.29, 0.717) is 11.5 Å². The van der Waals surface area contributed by atoms with Crippen LogP contribution in [0, 0.1) is 5.82 Å². The van der Waals surface area contributed by atoms with Crippen molar-refractivity contribution in [1.82, 2.24) is 9.88 Å². The van der Waals surface area contributed by atoms with Crippen LogP contribution in [0.1, 0.15) is 48.1 Å². The molecule has 34 heavy (non-hydrogen) atoms. The van der Waals surface area contributed by atoms with E-state index in [4.69, 9.17) is 4.74 Å². The molecule has 1 aliphatic rings. The molecule has 2 aromatic carbocycles. The molecule has 0 bridgehead atoms. The van der Waals surface area contributed by atoms with Crippen molar-refractivity contribution in [2.45, 2.75) is 32.4 Å². The molecule has 0 aliphatic carbocycles. The molecule has 1 fully saturated rings. The molecular weight excluding hydrogens is 435 g/mol. The zero-order chi connectivity index (χ0) is 24.4. The average Bonchev–Trinajstić information content (AvgIpc) is 3.09. The number of halogens is 1. The zero-order valence-electron chi connectivity index (χ0n) is 19.2. The molecule has 1 aromatic heterocycles. The first-order valence-corrected chi connectivity index (χ1v) is 10.9. The summed E-state index contributed by atoms with van der Waals surface area (Å²) in [6, 6.07) is 13.9. The van der Waals surface area contributed by atoms with Crippen molar-refractivity contribution < 1.29 is 23.8 Å². The third-order valence-electron chi connectivity index (χ3n) is 5.98. The molecule has 1 atom stereocenters. The molecule has 2 heterocycles. The SMILES string of the molecule is COc1ccc(F)cc1/C(O)=C1\C(=O)C(=O)N(Cc2ccncc2)C1c1ccc(C(C)C)cc1. The highest BCUT2D eigenvalue weighted by atomic mass is 19.1. The van der Waals surface area contributed by atoms with Gasteiger partial charge in [-0.05, 0) is 52.9 Å². The maximum Gasteiger partial charge on any atom is 0.295 e. The van der Waals surface area contributed by atoms with E-state index in [1.807, 2.05) is 24.3 Å². The Labute approximate surface area is 197 Å². The lowest BCUT2D eigenvalue weighted by atomic mass is 9.93.